The van der Waals surface area contributed by atoms with Crippen LogP contribution in [0.1, 0.15) is 44.8 Å². The predicted octanol–water partition coefficient (Wildman–Crippen LogP) is 0.664. The van der Waals surface area contributed by atoms with Crippen LogP contribution in [0.3, 0.4) is 0 Å². The topological polar surface area (TPSA) is 106 Å². The molecule has 3 amide bonds. The lowest BCUT2D eigenvalue weighted by Crippen LogP contribution is -2.37. The van der Waals surface area contributed by atoms with E-state index < -0.39 is 0 Å². The number of hydrogen-bond acceptors (Lipinski definition) is 4. The van der Waals surface area contributed by atoms with Crippen LogP contribution in [0.4, 0.5) is 0 Å². The number of fused-ring (bicyclic) bond motifs is 2. The number of benzene rings is 1. The number of aromatic amines is 2. The number of carbonyl (C=O) groups excluding carboxylic acids is 3. The molecule has 8 nitrogen and oxygen atoms in total. The van der Waals surface area contributed by atoms with E-state index in [1.807, 2.05) is 0 Å². The van der Waals surface area contributed by atoms with E-state index in [1.54, 1.807) is 29.2 Å². The Kier molecular flexibility index (Phi) is 3.95. The maximum atomic E-state index is 12.4. The largest absolute Gasteiger partial charge is 0.336 e. The molecule has 2 aliphatic heterocycles. The van der Waals surface area contributed by atoms with E-state index in [0.717, 1.165) is 5.69 Å². The van der Waals surface area contributed by atoms with Gasteiger partial charge in [0.2, 0.25) is 5.91 Å². The Morgan fingerprint density at radius 2 is 1.73 bits per heavy atom. The maximum Gasteiger partial charge on any atom is 0.267 e. The monoisotopic (exact) mass is 354 g/mol. The zero-order valence-electron chi connectivity index (χ0n) is 14.1. The fourth-order valence-electron chi connectivity index (χ4n) is 3.54. The molecule has 134 valence electrons. The SMILES string of the molecule is O=C(CCCN1C(=O)c2ccccc2C1=O)N1CCc2c([nH][nH]c2=O)C1. The van der Waals surface area contributed by atoms with Gasteiger partial charge in [0.1, 0.15) is 0 Å². The summed E-state index contributed by atoms with van der Waals surface area (Å²) < 4.78 is 0. The Hall–Kier alpha value is -3.16. The molecule has 3 heterocycles. The molecule has 0 saturated carbocycles. The Morgan fingerprint density at radius 1 is 1.04 bits per heavy atom. The summed E-state index contributed by atoms with van der Waals surface area (Å²) in [4.78, 5) is 51.4. The second-order valence-electron chi connectivity index (χ2n) is 6.51. The first kappa shape index (κ1) is 16.3. The van der Waals surface area contributed by atoms with Crippen molar-refractivity contribution in [3.05, 3.63) is 57.0 Å². The summed E-state index contributed by atoms with van der Waals surface area (Å²) in [6.07, 6.45) is 1.19. The highest BCUT2D eigenvalue weighted by atomic mass is 16.2. The normalized spacial score (nSPS) is 16.0. The zero-order valence-corrected chi connectivity index (χ0v) is 14.1. The fraction of sp³-hybridized carbons (Fsp3) is 0.333. The van der Waals surface area contributed by atoms with Crippen LogP contribution in [0.2, 0.25) is 0 Å². The van der Waals surface area contributed by atoms with Crippen LogP contribution in [0.25, 0.3) is 0 Å². The average molecular weight is 354 g/mol. The first-order valence-electron chi connectivity index (χ1n) is 8.57. The lowest BCUT2D eigenvalue weighted by molar-refractivity contribution is -0.132. The Balaban J connectivity index is 1.33. The zero-order chi connectivity index (χ0) is 18.3. The third-order valence-electron chi connectivity index (χ3n) is 4.95. The van der Waals surface area contributed by atoms with Crippen LogP contribution in [-0.4, -0.2) is 50.8 Å². The van der Waals surface area contributed by atoms with Gasteiger partial charge in [-0.1, -0.05) is 12.1 Å². The first-order valence-corrected chi connectivity index (χ1v) is 8.57. The molecule has 2 N–H and O–H groups in total. The molecule has 0 unspecified atom stereocenters. The molecular formula is C18H18N4O4. The summed E-state index contributed by atoms with van der Waals surface area (Å²) in [6.45, 7) is 1.10. The summed E-state index contributed by atoms with van der Waals surface area (Å²) in [6, 6.07) is 6.74. The van der Waals surface area contributed by atoms with Gasteiger partial charge < -0.3 is 10.00 Å². The summed E-state index contributed by atoms with van der Waals surface area (Å²) in [5, 5.41) is 5.34. The van der Waals surface area contributed by atoms with Gasteiger partial charge in [0.05, 0.1) is 23.4 Å². The van der Waals surface area contributed by atoms with E-state index in [4.69, 9.17) is 0 Å². The van der Waals surface area contributed by atoms with E-state index in [-0.39, 0.29) is 36.2 Å². The third kappa shape index (κ3) is 2.63. The minimum Gasteiger partial charge on any atom is -0.336 e. The minimum atomic E-state index is -0.300. The summed E-state index contributed by atoms with van der Waals surface area (Å²) in [7, 11) is 0. The second kappa shape index (κ2) is 6.29. The number of nitrogens with one attached hydrogen (secondary N) is 2. The summed E-state index contributed by atoms with van der Waals surface area (Å²) in [5.74, 6) is -0.648. The molecule has 2 aromatic rings. The van der Waals surface area contributed by atoms with Gasteiger partial charge in [-0.15, -0.1) is 0 Å². The van der Waals surface area contributed by atoms with Gasteiger partial charge in [-0.25, -0.2) is 0 Å². The quantitative estimate of drug-likeness (QED) is 0.787. The molecule has 0 aliphatic carbocycles. The minimum absolute atomic E-state index is 0.0469. The highest BCUT2D eigenvalue weighted by Crippen LogP contribution is 2.23. The molecule has 1 aromatic carbocycles. The van der Waals surface area contributed by atoms with Crippen LogP contribution < -0.4 is 5.56 Å². The van der Waals surface area contributed by atoms with Gasteiger partial charge in [0.25, 0.3) is 17.4 Å². The Bertz CT molecular complexity index is 923. The van der Waals surface area contributed by atoms with Gasteiger partial charge in [-0.3, -0.25) is 29.2 Å². The molecule has 0 spiro atoms. The van der Waals surface area contributed by atoms with Crippen molar-refractivity contribution < 1.29 is 14.4 Å². The van der Waals surface area contributed by atoms with Gasteiger partial charge >= 0.3 is 0 Å². The van der Waals surface area contributed by atoms with Crippen molar-refractivity contribution in [2.45, 2.75) is 25.8 Å². The van der Waals surface area contributed by atoms with Crippen molar-refractivity contribution in [3.8, 4) is 0 Å². The lowest BCUT2D eigenvalue weighted by atomic mass is 10.1. The lowest BCUT2D eigenvalue weighted by Gasteiger charge is -2.26. The number of imide groups is 1. The molecule has 0 saturated heterocycles. The van der Waals surface area contributed by atoms with E-state index in [2.05, 4.69) is 10.2 Å². The average Bonchev–Trinajstić information content (AvgIpc) is 3.14. The fourth-order valence-corrected chi connectivity index (χ4v) is 3.54. The van der Waals surface area contributed by atoms with Gasteiger partial charge in [0.15, 0.2) is 0 Å². The number of carbonyl (C=O) groups is 3. The Labute approximate surface area is 148 Å². The van der Waals surface area contributed by atoms with Crippen molar-refractivity contribution in [2.24, 2.45) is 0 Å². The highest BCUT2D eigenvalue weighted by Gasteiger charge is 2.34. The van der Waals surface area contributed by atoms with E-state index in [9.17, 15) is 19.2 Å². The van der Waals surface area contributed by atoms with Crippen molar-refractivity contribution in [1.82, 2.24) is 20.0 Å². The standard InChI is InChI=1S/C18H18N4O4/c23-15(21-9-7-13-14(10-21)19-20-16(13)24)6-3-8-22-17(25)11-4-1-2-5-12(11)18(22)26/h1-2,4-5H,3,6-10H2,(H2,19,20,24). The van der Waals surface area contributed by atoms with Crippen molar-refractivity contribution >= 4 is 17.7 Å². The van der Waals surface area contributed by atoms with E-state index in [1.165, 1.54) is 4.90 Å². The number of nitrogens with zero attached hydrogens (tertiary/aromatic N) is 2. The smallest absolute Gasteiger partial charge is 0.267 e. The highest BCUT2D eigenvalue weighted by molar-refractivity contribution is 6.21. The Morgan fingerprint density at radius 3 is 2.42 bits per heavy atom. The summed E-state index contributed by atoms with van der Waals surface area (Å²) >= 11 is 0. The van der Waals surface area contributed by atoms with Crippen LogP contribution in [0, 0.1) is 0 Å². The molecule has 8 heteroatoms. The number of amides is 3. The molecule has 0 bridgehead atoms. The summed E-state index contributed by atoms with van der Waals surface area (Å²) in [5.41, 5.74) is 2.17. The molecule has 4 rings (SSSR count). The second-order valence-corrected chi connectivity index (χ2v) is 6.51. The van der Waals surface area contributed by atoms with Crippen LogP contribution in [0.15, 0.2) is 29.1 Å². The third-order valence-corrected chi connectivity index (χ3v) is 4.95. The van der Waals surface area contributed by atoms with Crippen LogP contribution >= 0.6 is 0 Å². The maximum absolute atomic E-state index is 12.4. The predicted molar refractivity (Wildman–Crippen MR) is 91.6 cm³/mol. The van der Waals surface area contributed by atoms with E-state index in [0.29, 0.717) is 42.6 Å². The van der Waals surface area contributed by atoms with Crippen LogP contribution in [-0.2, 0) is 17.8 Å². The van der Waals surface area contributed by atoms with Crippen molar-refractivity contribution in [1.29, 1.82) is 0 Å². The molecule has 26 heavy (non-hydrogen) atoms. The van der Waals surface area contributed by atoms with Gasteiger partial charge in [-0.2, -0.15) is 0 Å². The van der Waals surface area contributed by atoms with Gasteiger partial charge in [-0.05, 0) is 25.0 Å². The molecule has 0 radical (unpaired) electrons. The molecular weight excluding hydrogens is 336 g/mol. The number of rotatable bonds is 4. The van der Waals surface area contributed by atoms with E-state index >= 15 is 0 Å². The molecule has 0 atom stereocenters. The number of H-pyrrole nitrogens is 2. The number of hydrogen-bond donors (Lipinski definition) is 2. The van der Waals surface area contributed by atoms with Crippen molar-refractivity contribution in [2.75, 3.05) is 13.1 Å². The molecule has 2 aliphatic rings. The first-order chi connectivity index (χ1) is 12.6. The molecule has 0 fully saturated rings. The number of aromatic nitrogens is 2. The van der Waals surface area contributed by atoms with Crippen molar-refractivity contribution in [3.63, 3.8) is 0 Å². The van der Waals surface area contributed by atoms with Crippen LogP contribution in [0.5, 0.6) is 0 Å². The van der Waals surface area contributed by atoms with Gasteiger partial charge in [0, 0.05) is 25.1 Å². The molecule has 1 aromatic heterocycles.